The van der Waals surface area contributed by atoms with Gasteiger partial charge in [-0.1, -0.05) is 78.9 Å². The van der Waals surface area contributed by atoms with Gasteiger partial charge in [0.1, 0.15) is 5.76 Å². The van der Waals surface area contributed by atoms with E-state index in [1.54, 1.807) is 12.1 Å². The summed E-state index contributed by atoms with van der Waals surface area (Å²) in [6.45, 7) is 0. The molecule has 0 heterocycles. The zero-order valence-electron chi connectivity index (χ0n) is 12.6. The molecule has 0 saturated carbocycles. The highest BCUT2D eigenvalue weighted by atomic mass is 16.5. The highest BCUT2D eigenvalue weighted by Crippen LogP contribution is 2.21. The number of hydrogen-bond donors (Lipinski definition) is 0. The van der Waals surface area contributed by atoms with Gasteiger partial charge in [-0.15, -0.1) is 0 Å². The first-order valence-electron chi connectivity index (χ1n) is 7.42. The van der Waals surface area contributed by atoms with Crippen LogP contribution in [0.4, 0.5) is 0 Å². The van der Waals surface area contributed by atoms with Crippen LogP contribution in [0.1, 0.15) is 21.5 Å². The molecule has 0 radical (unpaired) electrons. The van der Waals surface area contributed by atoms with Gasteiger partial charge in [-0.25, -0.2) is 4.79 Å². The van der Waals surface area contributed by atoms with Crippen LogP contribution in [0.15, 0.2) is 91.0 Å². The highest BCUT2D eigenvalue weighted by Gasteiger charge is 2.11. The van der Waals surface area contributed by atoms with Crippen LogP contribution in [0.5, 0.6) is 0 Å². The number of rotatable bonds is 4. The minimum Gasteiger partial charge on any atom is -0.422 e. The minimum absolute atomic E-state index is 0.364. The van der Waals surface area contributed by atoms with Crippen molar-refractivity contribution in [1.82, 2.24) is 0 Å². The molecule has 0 spiro atoms. The Bertz CT molecular complexity index is 791. The minimum atomic E-state index is -0.364. The Balaban J connectivity index is 1.93. The van der Waals surface area contributed by atoms with E-state index in [1.807, 2.05) is 84.9 Å². The van der Waals surface area contributed by atoms with E-state index in [4.69, 9.17) is 4.74 Å². The summed E-state index contributed by atoms with van der Waals surface area (Å²) < 4.78 is 5.65. The second-order valence-corrected chi connectivity index (χ2v) is 5.04. The van der Waals surface area contributed by atoms with Gasteiger partial charge >= 0.3 is 5.97 Å². The van der Waals surface area contributed by atoms with Gasteiger partial charge in [-0.2, -0.15) is 0 Å². The van der Waals surface area contributed by atoms with Gasteiger partial charge in [0.2, 0.25) is 0 Å². The topological polar surface area (TPSA) is 26.3 Å². The van der Waals surface area contributed by atoms with Crippen molar-refractivity contribution in [1.29, 1.82) is 0 Å². The molecule has 0 aromatic heterocycles. The van der Waals surface area contributed by atoms with Crippen LogP contribution >= 0.6 is 0 Å². The van der Waals surface area contributed by atoms with Gasteiger partial charge in [0, 0.05) is 5.56 Å². The molecule has 0 N–H and O–H groups in total. The maximum absolute atomic E-state index is 12.4. The first-order chi connectivity index (χ1) is 11.3. The molecular weight excluding hydrogens is 284 g/mol. The predicted octanol–water partition coefficient (Wildman–Crippen LogP) is 5.04. The fourth-order valence-corrected chi connectivity index (χ4v) is 2.21. The van der Waals surface area contributed by atoms with E-state index in [1.165, 1.54) is 0 Å². The Morgan fingerprint density at radius 2 is 1.13 bits per heavy atom. The van der Waals surface area contributed by atoms with E-state index in [2.05, 4.69) is 0 Å². The summed E-state index contributed by atoms with van der Waals surface area (Å²) in [5, 5.41) is 0. The maximum atomic E-state index is 12.4. The average molecular weight is 300 g/mol. The van der Waals surface area contributed by atoms with E-state index in [9.17, 15) is 4.79 Å². The second-order valence-electron chi connectivity index (χ2n) is 5.04. The first kappa shape index (κ1) is 14.8. The summed E-state index contributed by atoms with van der Waals surface area (Å²) in [5.41, 5.74) is 2.37. The van der Waals surface area contributed by atoms with Gasteiger partial charge in [0.15, 0.2) is 0 Å². The smallest absolute Gasteiger partial charge is 0.343 e. The lowest BCUT2D eigenvalue weighted by Gasteiger charge is -2.09. The van der Waals surface area contributed by atoms with E-state index in [0.717, 1.165) is 11.1 Å². The molecule has 0 aliphatic carbocycles. The van der Waals surface area contributed by atoms with E-state index in [-0.39, 0.29) is 5.97 Å². The number of ether oxygens (including phenoxy) is 1. The van der Waals surface area contributed by atoms with Crippen LogP contribution in [-0.4, -0.2) is 5.97 Å². The Kier molecular flexibility index (Phi) is 4.65. The summed E-state index contributed by atoms with van der Waals surface area (Å²) in [6, 6.07) is 28.4. The van der Waals surface area contributed by atoms with Gasteiger partial charge in [-0.3, -0.25) is 0 Å². The van der Waals surface area contributed by atoms with Crippen molar-refractivity contribution in [3.63, 3.8) is 0 Å². The van der Waals surface area contributed by atoms with Crippen molar-refractivity contribution in [3.8, 4) is 0 Å². The standard InChI is InChI=1S/C21H16O2/c22-21(19-14-8-3-9-15-19)23-20(18-12-6-2-7-13-18)16-17-10-4-1-5-11-17/h1-16H. The molecule has 112 valence electrons. The molecule has 0 aliphatic rings. The molecule has 23 heavy (non-hydrogen) atoms. The lowest BCUT2D eigenvalue weighted by atomic mass is 10.1. The molecule has 0 bridgehead atoms. The third-order valence-corrected chi connectivity index (χ3v) is 3.37. The zero-order valence-corrected chi connectivity index (χ0v) is 12.6. The molecule has 0 atom stereocenters. The molecule has 0 fully saturated rings. The number of benzene rings is 3. The lowest BCUT2D eigenvalue weighted by molar-refractivity contribution is 0.0693. The van der Waals surface area contributed by atoms with Crippen molar-refractivity contribution in [3.05, 3.63) is 108 Å². The summed E-state index contributed by atoms with van der Waals surface area (Å²) in [5.74, 6) is 0.169. The van der Waals surface area contributed by atoms with Gasteiger partial charge in [0.05, 0.1) is 5.56 Å². The van der Waals surface area contributed by atoms with E-state index < -0.39 is 0 Å². The monoisotopic (exact) mass is 300 g/mol. The van der Waals surface area contributed by atoms with Crippen molar-refractivity contribution < 1.29 is 9.53 Å². The Morgan fingerprint density at radius 1 is 0.652 bits per heavy atom. The zero-order chi connectivity index (χ0) is 15.9. The van der Waals surface area contributed by atoms with E-state index >= 15 is 0 Å². The van der Waals surface area contributed by atoms with E-state index in [0.29, 0.717) is 11.3 Å². The fourth-order valence-electron chi connectivity index (χ4n) is 2.21. The van der Waals surface area contributed by atoms with Crippen LogP contribution in [0.2, 0.25) is 0 Å². The summed E-state index contributed by atoms with van der Waals surface area (Å²) in [4.78, 5) is 12.4. The van der Waals surface area contributed by atoms with Crippen molar-refractivity contribution in [2.45, 2.75) is 0 Å². The summed E-state index contributed by atoms with van der Waals surface area (Å²) >= 11 is 0. The quantitative estimate of drug-likeness (QED) is 0.383. The largest absolute Gasteiger partial charge is 0.422 e. The van der Waals surface area contributed by atoms with Gasteiger partial charge in [-0.05, 0) is 23.8 Å². The SMILES string of the molecule is O=C(OC(=Cc1ccccc1)c1ccccc1)c1ccccc1. The predicted molar refractivity (Wildman–Crippen MR) is 92.6 cm³/mol. The molecule has 2 heteroatoms. The third kappa shape index (κ3) is 3.95. The molecule has 0 saturated heterocycles. The molecule has 0 unspecified atom stereocenters. The van der Waals surface area contributed by atoms with Crippen LogP contribution < -0.4 is 0 Å². The Morgan fingerprint density at radius 3 is 1.70 bits per heavy atom. The number of esters is 1. The molecule has 2 nitrogen and oxygen atoms in total. The molecule has 3 aromatic carbocycles. The summed E-state index contributed by atoms with van der Waals surface area (Å²) in [7, 11) is 0. The van der Waals surface area contributed by atoms with Crippen molar-refractivity contribution in [2.75, 3.05) is 0 Å². The number of hydrogen-bond acceptors (Lipinski definition) is 2. The molecule has 0 aliphatic heterocycles. The fraction of sp³-hybridized carbons (Fsp3) is 0. The molecule has 3 rings (SSSR count). The number of carbonyl (C=O) groups excluding carboxylic acids is 1. The normalized spacial score (nSPS) is 11.0. The van der Waals surface area contributed by atoms with Crippen LogP contribution in [0.3, 0.4) is 0 Å². The third-order valence-electron chi connectivity index (χ3n) is 3.37. The average Bonchev–Trinajstić information content (AvgIpc) is 2.63. The molecule has 0 amide bonds. The molecule has 3 aromatic rings. The van der Waals surface area contributed by atoms with Gasteiger partial charge < -0.3 is 4.74 Å². The van der Waals surface area contributed by atoms with Crippen molar-refractivity contribution in [2.24, 2.45) is 0 Å². The first-order valence-corrected chi connectivity index (χ1v) is 7.42. The lowest BCUT2D eigenvalue weighted by Crippen LogP contribution is -2.04. The van der Waals surface area contributed by atoms with Crippen LogP contribution in [0.25, 0.3) is 11.8 Å². The Labute approximate surface area is 135 Å². The second kappa shape index (κ2) is 7.23. The van der Waals surface area contributed by atoms with Crippen LogP contribution in [-0.2, 0) is 4.74 Å². The number of carbonyl (C=O) groups is 1. The highest BCUT2D eigenvalue weighted by molar-refractivity contribution is 5.95. The van der Waals surface area contributed by atoms with Gasteiger partial charge in [0.25, 0.3) is 0 Å². The summed E-state index contributed by atoms with van der Waals surface area (Å²) in [6.07, 6.45) is 1.87. The maximum Gasteiger partial charge on any atom is 0.343 e. The van der Waals surface area contributed by atoms with Crippen molar-refractivity contribution >= 4 is 17.8 Å². The Hall–Kier alpha value is -3.13. The molecular formula is C21H16O2. The van der Waals surface area contributed by atoms with Crippen LogP contribution in [0, 0.1) is 0 Å².